The fourth-order valence-corrected chi connectivity index (χ4v) is 2.20. The van der Waals surface area contributed by atoms with Crippen molar-refractivity contribution in [1.29, 1.82) is 5.26 Å². The zero-order valence-electron chi connectivity index (χ0n) is 9.92. The Kier molecular flexibility index (Phi) is 4.52. The van der Waals surface area contributed by atoms with Crippen molar-refractivity contribution in [3.05, 3.63) is 0 Å². The van der Waals surface area contributed by atoms with E-state index in [4.69, 9.17) is 10.00 Å². The summed E-state index contributed by atoms with van der Waals surface area (Å²) in [6.45, 7) is 1.69. The van der Waals surface area contributed by atoms with Crippen LogP contribution in [0.3, 0.4) is 0 Å². The second kappa shape index (κ2) is 5.45. The van der Waals surface area contributed by atoms with E-state index in [0.717, 1.165) is 32.4 Å². The van der Waals surface area contributed by atoms with E-state index in [1.807, 2.05) is 7.05 Å². The average Bonchev–Trinajstić information content (AvgIpc) is 2.71. The lowest BCUT2D eigenvalue weighted by molar-refractivity contribution is 0.138. The van der Waals surface area contributed by atoms with Crippen molar-refractivity contribution in [2.24, 2.45) is 0 Å². The Bertz CT molecular complexity index is 238. The summed E-state index contributed by atoms with van der Waals surface area (Å²) in [6.07, 6.45) is 2.96. The molecule has 86 valence electrons. The summed E-state index contributed by atoms with van der Waals surface area (Å²) in [6, 6.07) is 2.91. The third kappa shape index (κ3) is 2.91. The highest BCUT2D eigenvalue weighted by Gasteiger charge is 2.39. The highest BCUT2D eigenvalue weighted by atomic mass is 16.5. The molecule has 0 bridgehead atoms. The van der Waals surface area contributed by atoms with Gasteiger partial charge in [-0.25, -0.2) is 0 Å². The molecule has 0 heterocycles. The number of hydrogen-bond donors (Lipinski definition) is 1. The first-order chi connectivity index (χ1) is 7.17. The molecule has 4 nitrogen and oxygen atoms in total. The molecular formula is C11H21N3O. The van der Waals surface area contributed by atoms with E-state index in [-0.39, 0.29) is 5.54 Å². The van der Waals surface area contributed by atoms with Gasteiger partial charge in [0.25, 0.3) is 0 Å². The molecule has 1 N–H and O–H groups in total. The molecule has 0 aromatic rings. The molecule has 1 rings (SSSR count). The molecule has 0 aromatic heterocycles. The Labute approximate surface area is 92.2 Å². The van der Waals surface area contributed by atoms with Crippen LogP contribution in [0.15, 0.2) is 0 Å². The maximum absolute atomic E-state index is 9.14. The Morgan fingerprint density at radius 1 is 1.67 bits per heavy atom. The van der Waals surface area contributed by atoms with Gasteiger partial charge < -0.3 is 15.0 Å². The van der Waals surface area contributed by atoms with E-state index in [2.05, 4.69) is 23.3 Å². The predicted molar refractivity (Wildman–Crippen MR) is 59.5 cm³/mol. The monoisotopic (exact) mass is 211 g/mol. The van der Waals surface area contributed by atoms with Crippen LogP contribution in [0.4, 0.5) is 0 Å². The van der Waals surface area contributed by atoms with Crippen LogP contribution >= 0.6 is 0 Å². The number of methoxy groups -OCH3 is 1. The average molecular weight is 211 g/mol. The van der Waals surface area contributed by atoms with E-state index in [0.29, 0.717) is 6.04 Å². The van der Waals surface area contributed by atoms with Crippen molar-refractivity contribution >= 4 is 0 Å². The Balaban J connectivity index is 2.45. The summed E-state index contributed by atoms with van der Waals surface area (Å²) in [5, 5.41) is 12.3. The van der Waals surface area contributed by atoms with Gasteiger partial charge in [-0.2, -0.15) is 5.26 Å². The van der Waals surface area contributed by atoms with Gasteiger partial charge in [0.05, 0.1) is 12.7 Å². The maximum atomic E-state index is 9.14. The van der Waals surface area contributed by atoms with Gasteiger partial charge in [-0.1, -0.05) is 0 Å². The van der Waals surface area contributed by atoms with Crippen molar-refractivity contribution in [2.75, 3.05) is 34.4 Å². The summed E-state index contributed by atoms with van der Waals surface area (Å²) in [7, 11) is 5.70. The zero-order valence-corrected chi connectivity index (χ0v) is 9.92. The number of nitrogens with one attached hydrogen (secondary N) is 1. The van der Waals surface area contributed by atoms with Gasteiger partial charge >= 0.3 is 0 Å². The largest absolute Gasteiger partial charge is 0.383 e. The molecule has 0 saturated heterocycles. The zero-order chi connectivity index (χ0) is 11.3. The van der Waals surface area contributed by atoms with Gasteiger partial charge in [-0.15, -0.1) is 0 Å². The van der Waals surface area contributed by atoms with Crippen LogP contribution in [0.25, 0.3) is 0 Å². The molecule has 0 aromatic carbocycles. The standard InChI is InChI=1S/C11H21N3O/c1-13-11(9-12)5-4-10(8-11)14(2)6-7-15-3/h10,13H,4-8H2,1-3H3. The predicted octanol–water partition coefficient (Wildman–Crippen LogP) is 0.599. The van der Waals surface area contributed by atoms with Crippen LogP contribution in [-0.4, -0.2) is 50.8 Å². The minimum Gasteiger partial charge on any atom is -0.383 e. The molecule has 0 amide bonds. The topological polar surface area (TPSA) is 48.3 Å². The third-order valence-electron chi connectivity index (χ3n) is 3.45. The molecule has 1 fully saturated rings. The molecule has 0 aliphatic heterocycles. The van der Waals surface area contributed by atoms with Gasteiger partial charge in [-0.3, -0.25) is 0 Å². The first-order valence-corrected chi connectivity index (χ1v) is 5.47. The highest BCUT2D eigenvalue weighted by molar-refractivity contribution is 5.12. The number of nitriles is 1. The van der Waals surface area contributed by atoms with Gasteiger partial charge in [0.15, 0.2) is 0 Å². The minimum absolute atomic E-state index is 0.300. The fourth-order valence-electron chi connectivity index (χ4n) is 2.20. The van der Waals surface area contributed by atoms with Crippen LogP contribution in [0.2, 0.25) is 0 Å². The van der Waals surface area contributed by atoms with Crippen molar-refractivity contribution < 1.29 is 4.74 Å². The second-order valence-electron chi connectivity index (χ2n) is 4.31. The third-order valence-corrected chi connectivity index (χ3v) is 3.45. The number of hydrogen-bond acceptors (Lipinski definition) is 4. The van der Waals surface area contributed by atoms with Crippen molar-refractivity contribution in [1.82, 2.24) is 10.2 Å². The van der Waals surface area contributed by atoms with Crippen LogP contribution < -0.4 is 5.32 Å². The van der Waals surface area contributed by atoms with Crippen LogP contribution in [0.1, 0.15) is 19.3 Å². The van der Waals surface area contributed by atoms with Crippen LogP contribution in [0, 0.1) is 11.3 Å². The molecular weight excluding hydrogens is 190 g/mol. The molecule has 2 atom stereocenters. The molecule has 0 spiro atoms. The molecule has 1 aliphatic carbocycles. The molecule has 4 heteroatoms. The van der Waals surface area contributed by atoms with Gasteiger partial charge in [0.2, 0.25) is 0 Å². The van der Waals surface area contributed by atoms with E-state index in [9.17, 15) is 0 Å². The Morgan fingerprint density at radius 2 is 2.40 bits per heavy atom. The summed E-state index contributed by atoms with van der Waals surface area (Å²) >= 11 is 0. The molecule has 15 heavy (non-hydrogen) atoms. The summed E-state index contributed by atoms with van der Waals surface area (Å²) in [5.41, 5.74) is -0.300. The Hall–Kier alpha value is -0.630. The molecule has 1 saturated carbocycles. The number of likely N-dealkylation sites (N-methyl/N-ethyl adjacent to an activating group) is 1. The second-order valence-corrected chi connectivity index (χ2v) is 4.31. The van der Waals surface area contributed by atoms with E-state index in [1.165, 1.54) is 0 Å². The quantitative estimate of drug-likeness (QED) is 0.723. The summed E-state index contributed by atoms with van der Waals surface area (Å²) in [4.78, 5) is 2.29. The number of rotatable bonds is 5. The number of nitrogens with zero attached hydrogens (tertiary/aromatic N) is 2. The molecule has 1 aliphatic rings. The highest BCUT2D eigenvalue weighted by Crippen LogP contribution is 2.31. The van der Waals surface area contributed by atoms with Crippen molar-refractivity contribution in [2.45, 2.75) is 30.8 Å². The Morgan fingerprint density at radius 3 is 2.87 bits per heavy atom. The lowest BCUT2D eigenvalue weighted by Gasteiger charge is -2.25. The molecule has 0 radical (unpaired) electrons. The number of ether oxygens (including phenoxy) is 1. The summed E-state index contributed by atoms with van der Waals surface area (Å²) in [5.74, 6) is 0. The van der Waals surface area contributed by atoms with Gasteiger partial charge in [0, 0.05) is 19.7 Å². The van der Waals surface area contributed by atoms with E-state index >= 15 is 0 Å². The van der Waals surface area contributed by atoms with Gasteiger partial charge in [0.1, 0.15) is 5.54 Å². The van der Waals surface area contributed by atoms with Crippen molar-refractivity contribution in [3.8, 4) is 6.07 Å². The first kappa shape index (κ1) is 12.4. The maximum Gasteiger partial charge on any atom is 0.108 e. The lowest BCUT2D eigenvalue weighted by Crippen LogP contribution is -2.41. The normalized spacial score (nSPS) is 30.7. The van der Waals surface area contributed by atoms with Crippen molar-refractivity contribution in [3.63, 3.8) is 0 Å². The molecule has 2 unspecified atom stereocenters. The fraction of sp³-hybridized carbons (Fsp3) is 0.909. The lowest BCUT2D eigenvalue weighted by atomic mass is 10.00. The smallest absolute Gasteiger partial charge is 0.108 e. The van der Waals surface area contributed by atoms with Crippen LogP contribution in [-0.2, 0) is 4.74 Å². The van der Waals surface area contributed by atoms with Crippen LogP contribution in [0.5, 0.6) is 0 Å². The SMILES string of the molecule is CNC1(C#N)CCC(N(C)CCOC)C1. The van der Waals surface area contributed by atoms with E-state index < -0.39 is 0 Å². The van der Waals surface area contributed by atoms with Gasteiger partial charge in [-0.05, 0) is 33.4 Å². The van der Waals surface area contributed by atoms with E-state index in [1.54, 1.807) is 7.11 Å². The first-order valence-electron chi connectivity index (χ1n) is 5.47. The minimum atomic E-state index is -0.300. The summed E-state index contributed by atoms with van der Waals surface area (Å²) < 4.78 is 5.05.